The van der Waals surface area contributed by atoms with E-state index in [1.54, 1.807) is 19.1 Å². The highest BCUT2D eigenvalue weighted by molar-refractivity contribution is 6.36. The SMILES string of the molecule is Cc1n[nH]c(C(=O)N[C@@H]2CC(C)(C)Oc3nc(-c4ccc(Cl)cc4Cl)c(-c4ccc(Cl)cc4)cc32)n1. The van der Waals surface area contributed by atoms with Crippen molar-refractivity contribution in [1.82, 2.24) is 25.5 Å². The van der Waals surface area contributed by atoms with Gasteiger partial charge in [-0.25, -0.2) is 9.97 Å². The summed E-state index contributed by atoms with van der Waals surface area (Å²) in [4.78, 5) is 22.0. The number of fused-ring (bicyclic) bond motifs is 1. The molecule has 0 bridgehead atoms. The molecule has 10 heteroatoms. The zero-order chi connectivity index (χ0) is 25.6. The van der Waals surface area contributed by atoms with Crippen LogP contribution in [-0.4, -0.2) is 31.7 Å². The minimum Gasteiger partial charge on any atom is -0.471 e. The summed E-state index contributed by atoms with van der Waals surface area (Å²) >= 11 is 18.9. The van der Waals surface area contributed by atoms with E-state index in [2.05, 4.69) is 20.5 Å². The highest BCUT2D eigenvalue weighted by Gasteiger charge is 2.37. The number of aromatic nitrogens is 4. The number of benzene rings is 2. The number of H-pyrrole nitrogens is 1. The Balaban J connectivity index is 1.67. The summed E-state index contributed by atoms with van der Waals surface area (Å²) in [6, 6.07) is 14.3. The Morgan fingerprint density at radius 3 is 2.42 bits per heavy atom. The van der Waals surface area contributed by atoms with E-state index in [0.717, 1.165) is 16.7 Å². The molecule has 0 spiro atoms. The van der Waals surface area contributed by atoms with Crippen molar-refractivity contribution in [2.45, 2.75) is 38.8 Å². The summed E-state index contributed by atoms with van der Waals surface area (Å²) in [5.41, 5.74) is 3.20. The second-order valence-electron chi connectivity index (χ2n) is 9.23. The van der Waals surface area contributed by atoms with Crippen LogP contribution in [0.2, 0.25) is 15.1 Å². The molecule has 1 aliphatic heterocycles. The highest BCUT2D eigenvalue weighted by Crippen LogP contribution is 2.45. The molecule has 184 valence electrons. The number of rotatable bonds is 4. The van der Waals surface area contributed by atoms with Crippen LogP contribution in [0.15, 0.2) is 48.5 Å². The van der Waals surface area contributed by atoms with Crippen LogP contribution in [0.1, 0.15) is 48.3 Å². The minimum absolute atomic E-state index is 0.147. The van der Waals surface area contributed by atoms with Gasteiger partial charge in [-0.1, -0.05) is 46.9 Å². The molecule has 0 saturated carbocycles. The second-order valence-corrected chi connectivity index (χ2v) is 10.5. The maximum Gasteiger partial charge on any atom is 0.289 e. The van der Waals surface area contributed by atoms with Crippen molar-refractivity contribution in [2.24, 2.45) is 0 Å². The van der Waals surface area contributed by atoms with Gasteiger partial charge in [0.2, 0.25) is 11.7 Å². The molecule has 4 aromatic rings. The van der Waals surface area contributed by atoms with Crippen LogP contribution < -0.4 is 10.1 Å². The van der Waals surface area contributed by atoms with E-state index >= 15 is 0 Å². The van der Waals surface area contributed by atoms with Gasteiger partial charge < -0.3 is 10.1 Å². The molecule has 1 aliphatic rings. The van der Waals surface area contributed by atoms with Gasteiger partial charge in [0.25, 0.3) is 5.91 Å². The van der Waals surface area contributed by atoms with Gasteiger partial charge in [0.1, 0.15) is 11.4 Å². The molecule has 36 heavy (non-hydrogen) atoms. The van der Waals surface area contributed by atoms with Gasteiger partial charge in [-0.3, -0.25) is 9.89 Å². The van der Waals surface area contributed by atoms with E-state index in [-0.39, 0.29) is 17.8 Å². The molecule has 0 radical (unpaired) electrons. The topological polar surface area (TPSA) is 92.8 Å². The third-order valence-corrected chi connectivity index (χ3v) is 6.72. The van der Waals surface area contributed by atoms with Crippen LogP contribution in [0.5, 0.6) is 5.88 Å². The van der Waals surface area contributed by atoms with Crippen LogP contribution in [0, 0.1) is 6.92 Å². The molecule has 3 heterocycles. The van der Waals surface area contributed by atoms with Gasteiger partial charge in [-0.2, -0.15) is 5.10 Å². The number of aromatic amines is 1. The van der Waals surface area contributed by atoms with Gasteiger partial charge >= 0.3 is 0 Å². The van der Waals surface area contributed by atoms with E-state index in [1.807, 2.05) is 50.2 Å². The fourth-order valence-corrected chi connectivity index (χ4v) is 4.91. The first-order valence-corrected chi connectivity index (χ1v) is 12.4. The molecule has 1 atom stereocenters. The molecule has 0 unspecified atom stereocenters. The van der Waals surface area contributed by atoms with E-state index in [4.69, 9.17) is 44.5 Å². The lowest BCUT2D eigenvalue weighted by Crippen LogP contribution is -2.42. The Morgan fingerprint density at radius 1 is 1.03 bits per heavy atom. The number of hydrogen-bond acceptors (Lipinski definition) is 5. The number of carbonyl (C=O) groups is 1. The van der Waals surface area contributed by atoms with Crippen LogP contribution in [-0.2, 0) is 0 Å². The standard InChI is InChI=1S/C26H22Cl3N5O2/c1-13-30-23(34-33-13)24(35)31-21-12-26(2,3)36-25-19(21)11-18(14-4-6-15(27)7-5-14)22(32-25)17-9-8-16(28)10-20(17)29/h4-11,21H,12H2,1-3H3,(H,31,35)(H,30,33,34)/t21-/m1/s1. The van der Waals surface area contributed by atoms with Gasteiger partial charge in [-0.15, -0.1) is 0 Å². The number of aryl methyl sites for hydroxylation is 1. The third kappa shape index (κ3) is 4.91. The Morgan fingerprint density at radius 2 is 1.75 bits per heavy atom. The van der Waals surface area contributed by atoms with Gasteiger partial charge in [0.15, 0.2) is 0 Å². The maximum atomic E-state index is 13.0. The van der Waals surface area contributed by atoms with Crippen molar-refractivity contribution in [3.8, 4) is 28.3 Å². The molecule has 0 fully saturated rings. The van der Waals surface area contributed by atoms with E-state index in [1.165, 1.54) is 0 Å². The number of carbonyl (C=O) groups excluding carboxylic acids is 1. The number of hydrogen-bond donors (Lipinski definition) is 2. The summed E-state index contributed by atoms with van der Waals surface area (Å²) in [5.74, 6) is 0.698. The number of ether oxygens (including phenoxy) is 1. The van der Waals surface area contributed by atoms with Crippen LogP contribution in [0.3, 0.4) is 0 Å². The summed E-state index contributed by atoms with van der Waals surface area (Å²) in [6.07, 6.45) is 0.529. The molecular weight excluding hydrogens is 521 g/mol. The summed E-state index contributed by atoms with van der Waals surface area (Å²) in [5, 5.41) is 11.3. The Kier molecular flexibility index (Phi) is 6.41. The lowest BCUT2D eigenvalue weighted by Gasteiger charge is -2.37. The molecule has 0 aliphatic carbocycles. The minimum atomic E-state index is -0.585. The van der Waals surface area contributed by atoms with Crippen molar-refractivity contribution >= 4 is 40.7 Å². The Bertz CT molecular complexity index is 1470. The predicted molar refractivity (Wildman–Crippen MR) is 141 cm³/mol. The normalized spacial score (nSPS) is 16.2. The summed E-state index contributed by atoms with van der Waals surface area (Å²) in [7, 11) is 0. The monoisotopic (exact) mass is 541 g/mol. The van der Waals surface area contributed by atoms with E-state index < -0.39 is 5.60 Å². The van der Waals surface area contributed by atoms with Gasteiger partial charge in [0, 0.05) is 33.2 Å². The first-order valence-electron chi connectivity index (χ1n) is 11.2. The molecule has 2 aromatic heterocycles. The lowest BCUT2D eigenvalue weighted by atomic mass is 9.88. The Labute approximate surface area is 223 Å². The van der Waals surface area contributed by atoms with Gasteiger partial charge in [0.05, 0.1) is 16.8 Å². The molecular formula is C26H22Cl3N5O2. The first kappa shape index (κ1) is 24.6. The van der Waals surface area contributed by atoms with Crippen LogP contribution in [0.4, 0.5) is 0 Å². The molecule has 2 N–H and O–H groups in total. The number of nitrogens with one attached hydrogen (secondary N) is 2. The summed E-state index contributed by atoms with van der Waals surface area (Å²) < 4.78 is 6.29. The van der Waals surface area contributed by atoms with E-state index in [9.17, 15) is 4.79 Å². The molecule has 1 amide bonds. The molecule has 0 saturated heterocycles. The number of halogens is 3. The highest BCUT2D eigenvalue weighted by atomic mass is 35.5. The Hall–Kier alpha value is -3.13. The number of pyridine rings is 1. The second kappa shape index (κ2) is 9.39. The molecule has 7 nitrogen and oxygen atoms in total. The number of nitrogens with zero attached hydrogens (tertiary/aromatic N) is 3. The maximum absolute atomic E-state index is 13.0. The average Bonchev–Trinajstić information content (AvgIpc) is 3.25. The predicted octanol–water partition coefficient (Wildman–Crippen LogP) is 6.83. The average molecular weight is 543 g/mol. The third-order valence-electron chi connectivity index (χ3n) is 5.92. The molecule has 5 rings (SSSR count). The first-order chi connectivity index (χ1) is 17.1. The van der Waals surface area contributed by atoms with Crippen molar-refractivity contribution in [2.75, 3.05) is 0 Å². The molecule has 2 aromatic carbocycles. The number of amides is 1. The summed E-state index contributed by atoms with van der Waals surface area (Å²) in [6.45, 7) is 5.63. The van der Waals surface area contributed by atoms with E-state index in [0.29, 0.717) is 44.5 Å². The van der Waals surface area contributed by atoms with Crippen molar-refractivity contribution in [3.63, 3.8) is 0 Å². The quantitative estimate of drug-likeness (QED) is 0.295. The zero-order valence-electron chi connectivity index (χ0n) is 19.7. The van der Waals surface area contributed by atoms with Crippen molar-refractivity contribution in [3.05, 3.63) is 80.8 Å². The van der Waals surface area contributed by atoms with Crippen LogP contribution in [0.25, 0.3) is 22.4 Å². The van der Waals surface area contributed by atoms with Crippen molar-refractivity contribution < 1.29 is 9.53 Å². The fraction of sp³-hybridized carbons (Fsp3) is 0.231. The van der Waals surface area contributed by atoms with Crippen molar-refractivity contribution in [1.29, 1.82) is 0 Å². The zero-order valence-corrected chi connectivity index (χ0v) is 22.0. The lowest BCUT2D eigenvalue weighted by molar-refractivity contribution is 0.0570. The van der Waals surface area contributed by atoms with Gasteiger partial charge in [-0.05, 0) is 62.7 Å². The smallest absolute Gasteiger partial charge is 0.289 e. The largest absolute Gasteiger partial charge is 0.471 e. The van der Waals surface area contributed by atoms with Crippen LogP contribution >= 0.6 is 34.8 Å². The fourth-order valence-electron chi connectivity index (χ4n) is 4.29.